The molecular weight excluding hydrogens is 362 g/mol. The van der Waals surface area contributed by atoms with Gasteiger partial charge in [-0.3, -0.25) is 9.69 Å². The second-order valence-corrected chi connectivity index (χ2v) is 7.71. The molecule has 3 N–H and O–H groups in total. The first-order valence-electron chi connectivity index (χ1n) is 9.65. The number of carboxylic acid groups (broad SMARTS) is 1. The number of hydrogen-bond donors (Lipinski definition) is 3. The van der Waals surface area contributed by atoms with Crippen molar-refractivity contribution in [2.75, 3.05) is 32.6 Å². The van der Waals surface area contributed by atoms with Crippen LogP contribution < -0.4 is 20.1 Å². The Morgan fingerprint density at radius 1 is 1.18 bits per heavy atom. The first-order chi connectivity index (χ1) is 13.4. The predicted octanol–water partition coefficient (Wildman–Crippen LogP) is 2.46. The fraction of sp³-hybridized carbons (Fsp3) is 0.600. The van der Waals surface area contributed by atoms with E-state index < -0.39 is 5.97 Å². The number of nitrogens with zero attached hydrogens (tertiary/aromatic N) is 1. The van der Waals surface area contributed by atoms with Crippen LogP contribution in [-0.2, 0) is 4.79 Å². The van der Waals surface area contributed by atoms with Gasteiger partial charge in [-0.05, 0) is 50.2 Å². The molecule has 0 heterocycles. The van der Waals surface area contributed by atoms with Gasteiger partial charge in [0.05, 0.1) is 20.8 Å². The first-order valence-corrected chi connectivity index (χ1v) is 9.65. The molecule has 28 heavy (non-hydrogen) atoms. The molecule has 8 nitrogen and oxygen atoms in total. The molecule has 0 bridgehead atoms. The number of benzene rings is 1. The van der Waals surface area contributed by atoms with E-state index in [2.05, 4.69) is 15.5 Å². The van der Waals surface area contributed by atoms with Gasteiger partial charge in [-0.2, -0.15) is 0 Å². The third kappa shape index (κ3) is 5.07. The van der Waals surface area contributed by atoms with Crippen LogP contribution in [0, 0.1) is 12.8 Å². The molecule has 1 aromatic rings. The van der Waals surface area contributed by atoms with Crippen molar-refractivity contribution in [3.05, 3.63) is 17.7 Å². The summed E-state index contributed by atoms with van der Waals surface area (Å²) in [4.78, 5) is 25.5. The number of rotatable bonds is 9. The molecule has 2 fully saturated rings. The van der Waals surface area contributed by atoms with Gasteiger partial charge in [0.15, 0.2) is 11.5 Å². The van der Waals surface area contributed by atoms with Gasteiger partial charge in [-0.1, -0.05) is 0 Å². The van der Waals surface area contributed by atoms with E-state index in [4.69, 9.17) is 14.6 Å². The summed E-state index contributed by atoms with van der Waals surface area (Å²) in [6.07, 6.45) is 3.94. The van der Waals surface area contributed by atoms with E-state index in [0.717, 1.165) is 24.9 Å². The van der Waals surface area contributed by atoms with Crippen LogP contribution in [0.3, 0.4) is 0 Å². The molecule has 2 amide bonds. The third-order valence-corrected chi connectivity index (χ3v) is 5.47. The van der Waals surface area contributed by atoms with Gasteiger partial charge in [-0.15, -0.1) is 0 Å². The van der Waals surface area contributed by atoms with Crippen molar-refractivity contribution < 1.29 is 24.2 Å². The number of amides is 2. The third-order valence-electron chi connectivity index (χ3n) is 5.47. The Morgan fingerprint density at radius 2 is 1.82 bits per heavy atom. The van der Waals surface area contributed by atoms with E-state index in [9.17, 15) is 9.59 Å². The lowest BCUT2D eigenvalue weighted by Gasteiger charge is -2.42. The molecule has 2 saturated carbocycles. The SMILES string of the molecule is COc1cc(C)c(NC(=O)NC2CC(N(CC(=O)O)CC3CC3)C2)cc1OC. The lowest BCUT2D eigenvalue weighted by atomic mass is 9.85. The van der Waals surface area contributed by atoms with E-state index in [-0.39, 0.29) is 24.7 Å². The van der Waals surface area contributed by atoms with E-state index in [1.54, 1.807) is 20.3 Å². The number of nitrogens with one attached hydrogen (secondary N) is 2. The van der Waals surface area contributed by atoms with E-state index in [1.165, 1.54) is 12.8 Å². The average Bonchev–Trinajstić information content (AvgIpc) is 3.42. The summed E-state index contributed by atoms with van der Waals surface area (Å²) in [7, 11) is 3.12. The number of aliphatic carboxylic acids is 1. The van der Waals surface area contributed by atoms with Crippen LogP contribution in [0.1, 0.15) is 31.2 Å². The Balaban J connectivity index is 1.50. The van der Waals surface area contributed by atoms with Crippen molar-refractivity contribution in [1.29, 1.82) is 0 Å². The van der Waals surface area contributed by atoms with Crippen LogP contribution in [0.2, 0.25) is 0 Å². The van der Waals surface area contributed by atoms with Crippen LogP contribution in [0.15, 0.2) is 12.1 Å². The summed E-state index contributed by atoms with van der Waals surface area (Å²) in [5.41, 5.74) is 1.53. The molecule has 2 aliphatic carbocycles. The minimum Gasteiger partial charge on any atom is -0.493 e. The van der Waals surface area contributed by atoms with Crippen molar-refractivity contribution >= 4 is 17.7 Å². The monoisotopic (exact) mass is 391 g/mol. The maximum absolute atomic E-state index is 12.4. The van der Waals surface area contributed by atoms with Crippen LogP contribution >= 0.6 is 0 Å². The molecule has 1 aromatic carbocycles. The molecule has 3 rings (SSSR count). The number of anilines is 1. The van der Waals surface area contributed by atoms with Gasteiger partial charge in [0.25, 0.3) is 0 Å². The summed E-state index contributed by atoms with van der Waals surface area (Å²) in [6, 6.07) is 3.56. The Kier molecular flexibility index (Phi) is 6.28. The zero-order valence-electron chi connectivity index (χ0n) is 16.7. The normalized spacial score (nSPS) is 21.0. The van der Waals surface area contributed by atoms with E-state index in [1.807, 2.05) is 13.0 Å². The molecule has 0 unspecified atom stereocenters. The summed E-state index contributed by atoms with van der Waals surface area (Å²) in [6.45, 7) is 2.81. The van der Waals surface area contributed by atoms with Gasteiger partial charge in [-0.25, -0.2) is 4.79 Å². The van der Waals surface area contributed by atoms with Crippen LogP contribution in [0.4, 0.5) is 10.5 Å². The lowest BCUT2D eigenvalue weighted by molar-refractivity contribution is -0.139. The highest BCUT2D eigenvalue weighted by molar-refractivity contribution is 5.91. The number of urea groups is 1. The molecule has 0 aromatic heterocycles. The summed E-state index contributed by atoms with van der Waals surface area (Å²) < 4.78 is 10.5. The Hall–Kier alpha value is -2.48. The largest absolute Gasteiger partial charge is 0.493 e. The van der Waals surface area contributed by atoms with Crippen molar-refractivity contribution in [2.45, 2.75) is 44.7 Å². The number of ether oxygens (including phenoxy) is 2. The fourth-order valence-corrected chi connectivity index (χ4v) is 3.61. The Bertz CT molecular complexity index is 729. The maximum atomic E-state index is 12.4. The molecule has 0 radical (unpaired) electrons. The van der Waals surface area contributed by atoms with Gasteiger partial charge >= 0.3 is 12.0 Å². The maximum Gasteiger partial charge on any atom is 0.319 e. The topological polar surface area (TPSA) is 100 Å². The molecular formula is C20H29N3O5. The number of carboxylic acids is 1. The molecule has 0 atom stereocenters. The minimum atomic E-state index is -0.793. The van der Waals surface area contributed by atoms with Gasteiger partial charge in [0, 0.05) is 30.4 Å². The number of methoxy groups -OCH3 is 2. The van der Waals surface area contributed by atoms with E-state index >= 15 is 0 Å². The standard InChI is InChI=1S/C20H29N3O5/c1-12-6-17(27-2)18(28-3)9-16(12)22-20(26)21-14-7-15(8-14)23(11-19(24)25)10-13-4-5-13/h6,9,13-15H,4-5,7-8,10-11H2,1-3H3,(H,24,25)(H2,21,22,26). The molecule has 2 aliphatic rings. The van der Waals surface area contributed by atoms with Gasteiger partial charge in [0.1, 0.15) is 0 Å². The number of aryl methyl sites for hydroxylation is 1. The molecule has 8 heteroatoms. The summed E-state index contributed by atoms with van der Waals surface area (Å²) >= 11 is 0. The van der Waals surface area contributed by atoms with E-state index in [0.29, 0.717) is 23.1 Å². The molecule has 0 saturated heterocycles. The highest BCUT2D eigenvalue weighted by Crippen LogP contribution is 2.34. The molecule has 154 valence electrons. The zero-order valence-corrected chi connectivity index (χ0v) is 16.7. The van der Waals surface area contributed by atoms with Crippen molar-refractivity contribution in [3.63, 3.8) is 0 Å². The van der Waals surface area contributed by atoms with Crippen LogP contribution in [-0.4, -0.2) is 61.4 Å². The molecule has 0 aliphatic heterocycles. The Labute approximate surface area is 165 Å². The van der Waals surface area contributed by atoms with Crippen molar-refractivity contribution in [3.8, 4) is 11.5 Å². The second-order valence-electron chi connectivity index (χ2n) is 7.71. The second kappa shape index (κ2) is 8.68. The highest BCUT2D eigenvalue weighted by atomic mass is 16.5. The van der Waals surface area contributed by atoms with Gasteiger partial charge in [0.2, 0.25) is 0 Å². The zero-order chi connectivity index (χ0) is 20.3. The number of carbonyl (C=O) groups excluding carboxylic acids is 1. The van der Waals surface area contributed by atoms with Crippen LogP contribution in [0.5, 0.6) is 11.5 Å². The van der Waals surface area contributed by atoms with Crippen molar-refractivity contribution in [1.82, 2.24) is 10.2 Å². The van der Waals surface area contributed by atoms with Gasteiger partial charge < -0.3 is 25.2 Å². The molecule has 0 spiro atoms. The quantitative estimate of drug-likeness (QED) is 0.598. The fourth-order valence-electron chi connectivity index (χ4n) is 3.61. The summed E-state index contributed by atoms with van der Waals surface area (Å²) in [5, 5.41) is 15.0. The first kappa shape index (κ1) is 20.3. The lowest BCUT2D eigenvalue weighted by Crippen LogP contribution is -2.55. The summed E-state index contributed by atoms with van der Waals surface area (Å²) in [5.74, 6) is 1.01. The number of carbonyl (C=O) groups is 2. The van der Waals surface area contributed by atoms with Crippen LogP contribution in [0.25, 0.3) is 0 Å². The average molecular weight is 391 g/mol. The smallest absolute Gasteiger partial charge is 0.319 e. The highest BCUT2D eigenvalue weighted by Gasteiger charge is 2.37. The van der Waals surface area contributed by atoms with Crippen molar-refractivity contribution in [2.24, 2.45) is 5.92 Å². The Morgan fingerprint density at radius 3 is 2.39 bits per heavy atom. The predicted molar refractivity (Wildman–Crippen MR) is 105 cm³/mol. The minimum absolute atomic E-state index is 0.0564. The number of hydrogen-bond acceptors (Lipinski definition) is 5.